The molecule has 1 fully saturated rings. The smallest absolute Gasteiger partial charge is 0.319 e. The Morgan fingerprint density at radius 2 is 1.86 bits per heavy atom. The summed E-state index contributed by atoms with van der Waals surface area (Å²) in [4.78, 5) is 12.0. The highest BCUT2D eigenvalue weighted by atomic mass is 32.2. The highest BCUT2D eigenvalue weighted by molar-refractivity contribution is 7.91. The van der Waals surface area contributed by atoms with Crippen molar-refractivity contribution in [3.8, 4) is 0 Å². The molecule has 0 unspecified atom stereocenters. The van der Waals surface area contributed by atoms with E-state index in [2.05, 4.69) is 10.6 Å². The van der Waals surface area contributed by atoms with Crippen molar-refractivity contribution in [2.24, 2.45) is 0 Å². The van der Waals surface area contributed by atoms with Crippen LogP contribution in [0.15, 0.2) is 42.5 Å². The first-order chi connectivity index (χ1) is 10.0. The topological polar surface area (TPSA) is 75.3 Å². The molecule has 5 nitrogen and oxygen atoms in total. The largest absolute Gasteiger partial charge is 0.334 e. The molecular formula is C15H16N2O3S. The maximum atomic E-state index is 12.0. The molecule has 2 N–H and O–H groups in total. The predicted octanol–water partition coefficient (Wildman–Crippen LogP) is 2.15. The van der Waals surface area contributed by atoms with Crippen LogP contribution in [0.2, 0.25) is 0 Å². The van der Waals surface area contributed by atoms with Gasteiger partial charge in [-0.05, 0) is 17.9 Å². The van der Waals surface area contributed by atoms with Crippen LogP contribution in [0, 0.1) is 0 Å². The first kappa shape index (κ1) is 13.9. The minimum absolute atomic E-state index is 0.0238. The van der Waals surface area contributed by atoms with Crippen LogP contribution in [0.1, 0.15) is 6.42 Å². The lowest BCUT2D eigenvalue weighted by molar-refractivity contribution is 0.249. The summed E-state index contributed by atoms with van der Waals surface area (Å²) in [5.41, 5.74) is 0.714. The Kier molecular flexibility index (Phi) is 3.55. The van der Waals surface area contributed by atoms with E-state index >= 15 is 0 Å². The second kappa shape index (κ2) is 5.37. The standard InChI is InChI=1S/C15H16N2O3S/c18-15(16-12-8-9-21(19,20)10-12)17-14-7-3-5-11-4-1-2-6-13(11)14/h1-7,12H,8-10H2,(H2,16,17,18)/t12-/m1/s1. The minimum atomic E-state index is -2.99. The van der Waals surface area contributed by atoms with Gasteiger partial charge in [-0.3, -0.25) is 0 Å². The van der Waals surface area contributed by atoms with Crippen LogP contribution < -0.4 is 10.6 Å². The molecule has 21 heavy (non-hydrogen) atoms. The maximum Gasteiger partial charge on any atom is 0.319 e. The molecule has 0 radical (unpaired) electrons. The number of urea groups is 1. The van der Waals surface area contributed by atoms with Gasteiger partial charge in [-0.15, -0.1) is 0 Å². The number of nitrogens with one attached hydrogen (secondary N) is 2. The maximum absolute atomic E-state index is 12.0. The molecule has 1 saturated heterocycles. The SMILES string of the molecule is O=C(Nc1cccc2ccccc12)N[C@@H]1CCS(=O)(=O)C1. The Bertz CT molecular complexity index is 781. The van der Waals surface area contributed by atoms with Gasteiger partial charge < -0.3 is 10.6 Å². The molecule has 2 aromatic carbocycles. The van der Waals surface area contributed by atoms with Crippen molar-refractivity contribution in [3.63, 3.8) is 0 Å². The van der Waals surface area contributed by atoms with E-state index in [0.717, 1.165) is 10.8 Å². The summed E-state index contributed by atoms with van der Waals surface area (Å²) in [6, 6.07) is 12.8. The Morgan fingerprint density at radius 3 is 2.62 bits per heavy atom. The van der Waals surface area contributed by atoms with Gasteiger partial charge in [-0.1, -0.05) is 36.4 Å². The quantitative estimate of drug-likeness (QED) is 0.892. The van der Waals surface area contributed by atoms with E-state index in [1.54, 1.807) is 0 Å². The molecule has 2 amide bonds. The summed E-state index contributed by atoms with van der Waals surface area (Å²) in [5, 5.41) is 7.51. The van der Waals surface area contributed by atoms with Crippen molar-refractivity contribution in [2.45, 2.75) is 12.5 Å². The number of benzene rings is 2. The molecule has 3 rings (SSSR count). The lowest BCUT2D eigenvalue weighted by atomic mass is 10.1. The Morgan fingerprint density at radius 1 is 1.10 bits per heavy atom. The normalized spacial score (nSPS) is 20.3. The lowest BCUT2D eigenvalue weighted by Crippen LogP contribution is -2.38. The number of hydrogen-bond donors (Lipinski definition) is 2. The van der Waals surface area contributed by atoms with E-state index in [4.69, 9.17) is 0 Å². The first-order valence-corrected chi connectivity index (χ1v) is 8.61. The van der Waals surface area contributed by atoms with Crippen LogP contribution in [-0.2, 0) is 9.84 Å². The molecule has 1 aliphatic rings. The van der Waals surface area contributed by atoms with E-state index < -0.39 is 9.84 Å². The summed E-state index contributed by atoms with van der Waals surface area (Å²) in [6.07, 6.45) is 0.477. The van der Waals surface area contributed by atoms with Crippen molar-refractivity contribution in [1.82, 2.24) is 5.32 Å². The van der Waals surface area contributed by atoms with Gasteiger partial charge in [0.15, 0.2) is 9.84 Å². The molecule has 110 valence electrons. The molecule has 0 spiro atoms. The van der Waals surface area contributed by atoms with Crippen LogP contribution in [0.3, 0.4) is 0 Å². The van der Waals surface area contributed by atoms with Gasteiger partial charge in [-0.25, -0.2) is 13.2 Å². The van der Waals surface area contributed by atoms with Crippen molar-refractivity contribution in [2.75, 3.05) is 16.8 Å². The molecule has 0 aliphatic carbocycles. The number of hydrogen-bond acceptors (Lipinski definition) is 3. The van der Waals surface area contributed by atoms with Crippen LogP contribution >= 0.6 is 0 Å². The summed E-state index contributed by atoms with van der Waals surface area (Å²) in [5.74, 6) is 0.169. The van der Waals surface area contributed by atoms with E-state index in [-0.39, 0.29) is 23.6 Å². The summed E-state index contributed by atoms with van der Waals surface area (Å²) in [7, 11) is -2.99. The molecule has 1 aliphatic heterocycles. The highest BCUT2D eigenvalue weighted by Gasteiger charge is 2.28. The fraction of sp³-hybridized carbons (Fsp3) is 0.267. The second-order valence-electron chi connectivity index (χ2n) is 5.23. The van der Waals surface area contributed by atoms with Crippen LogP contribution in [0.5, 0.6) is 0 Å². The van der Waals surface area contributed by atoms with E-state index in [9.17, 15) is 13.2 Å². The number of amides is 2. The third-order valence-electron chi connectivity index (χ3n) is 3.61. The molecule has 1 atom stereocenters. The average Bonchev–Trinajstić information content (AvgIpc) is 2.78. The van der Waals surface area contributed by atoms with E-state index in [0.29, 0.717) is 12.1 Å². The van der Waals surface area contributed by atoms with Gasteiger partial charge in [0, 0.05) is 11.4 Å². The molecule has 6 heteroatoms. The average molecular weight is 304 g/mol. The van der Waals surface area contributed by atoms with Crippen molar-refractivity contribution >= 4 is 32.3 Å². The molecule has 2 aromatic rings. The summed E-state index contributed by atoms with van der Waals surface area (Å²) < 4.78 is 22.8. The monoisotopic (exact) mass is 304 g/mol. The van der Waals surface area contributed by atoms with Crippen LogP contribution in [0.25, 0.3) is 10.8 Å². The molecular weight excluding hydrogens is 288 g/mol. The third kappa shape index (κ3) is 3.16. The van der Waals surface area contributed by atoms with Gasteiger partial charge in [0.25, 0.3) is 0 Å². The number of fused-ring (bicyclic) bond motifs is 1. The van der Waals surface area contributed by atoms with Gasteiger partial charge in [0.2, 0.25) is 0 Å². The Labute approximate surface area is 123 Å². The molecule has 0 bridgehead atoms. The lowest BCUT2D eigenvalue weighted by Gasteiger charge is -2.13. The number of carbonyl (C=O) groups excluding carboxylic acids is 1. The third-order valence-corrected chi connectivity index (χ3v) is 5.37. The van der Waals surface area contributed by atoms with Gasteiger partial charge in [-0.2, -0.15) is 0 Å². The second-order valence-corrected chi connectivity index (χ2v) is 7.45. The van der Waals surface area contributed by atoms with Crippen LogP contribution in [-0.4, -0.2) is 32.0 Å². The first-order valence-electron chi connectivity index (χ1n) is 6.79. The van der Waals surface area contributed by atoms with Gasteiger partial charge >= 0.3 is 6.03 Å². The summed E-state index contributed by atoms with van der Waals surface area (Å²) in [6.45, 7) is 0. The van der Waals surface area contributed by atoms with Crippen molar-refractivity contribution < 1.29 is 13.2 Å². The molecule has 0 saturated carbocycles. The van der Waals surface area contributed by atoms with Crippen molar-refractivity contribution in [1.29, 1.82) is 0 Å². The zero-order valence-corrected chi connectivity index (χ0v) is 12.2. The van der Waals surface area contributed by atoms with Crippen LogP contribution in [0.4, 0.5) is 10.5 Å². The number of sulfone groups is 1. The molecule has 1 heterocycles. The highest BCUT2D eigenvalue weighted by Crippen LogP contribution is 2.23. The number of carbonyl (C=O) groups is 1. The predicted molar refractivity (Wildman–Crippen MR) is 83.2 cm³/mol. The fourth-order valence-electron chi connectivity index (χ4n) is 2.59. The van der Waals surface area contributed by atoms with Crippen molar-refractivity contribution in [3.05, 3.63) is 42.5 Å². The van der Waals surface area contributed by atoms with E-state index in [1.165, 1.54) is 0 Å². The number of anilines is 1. The van der Waals surface area contributed by atoms with Gasteiger partial charge in [0.1, 0.15) is 0 Å². The number of rotatable bonds is 2. The van der Waals surface area contributed by atoms with Gasteiger partial charge in [0.05, 0.1) is 17.2 Å². The molecule has 0 aromatic heterocycles. The Hall–Kier alpha value is -2.08. The Balaban J connectivity index is 1.72. The zero-order valence-electron chi connectivity index (χ0n) is 11.4. The zero-order chi connectivity index (χ0) is 14.9. The summed E-state index contributed by atoms with van der Waals surface area (Å²) >= 11 is 0. The minimum Gasteiger partial charge on any atom is -0.334 e. The fourth-order valence-corrected chi connectivity index (χ4v) is 4.26. The van der Waals surface area contributed by atoms with E-state index in [1.807, 2.05) is 42.5 Å².